The van der Waals surface area contributed by atoms with Crippen LogP contribution in [-0.2, 0) is 28.5 Å². The number of rotatable bonds is 4. The van der Waals surface area contributed by atoms with Gasteiger partial charge in [0.2, 0.25) is 0 Å². The lowest BCUT2D eigenvalue weighted by molar-refractivity contribution is -0.138. The van der Waals surface area contributed by atoms with E-state index in [4.69, 9.17) is 18.9 Å². The fraction of sp³-hybridized carbons (Fsp3) is 0.308. The molecule has 0 N–H and O–H groups in total. The van der Waals surface area contributed by atoms with Gasteiger partial charge in [-0.05, 0) is 22.3 Å². The monoisotopic (exact) mass is 432 g/mol. The molecule has 4 bridgehead atoms. The largest absolute Gasteiger partial charge is 0.500 e. The van der Waals surface area contributed by atoms with Crippen LogP contribution in [0.15, 0.2) is 71.2 Å². The molecule has 0 amide bonds. The number of esters is 2. The van der Waals surface area contributed by atoms with Crippen LogP contribution in [0.25, 0.3) is 0 Å². The Labute approximate surface area is 186 Å². The number of allylic oxidation sites excluding steroid dienone is 2. The molecule has 6 nitrogen and oxygen atoms in total. The topological polar surface area (TPSA) is 71.1 Å². The van der Waals surface area contributed by atoms with E-state index in [9.17, 15) is 9.59 Å². The summed E-state index contributed by atoms with van der Waals surface area (Å²) in [6, 6.07) is 16.0. The Hall–Kier alpha value is -3.54. The van der Waals surface area contributed by atoms with Gasteiger partial charge in [-0.2, -0.15) is 0 Å². The Morgan fingerprint density at radius 3 is 1.16 bits per heavy atom. The van der Waals surface area contributed by atoms with Crippen molar-refractivity contribution in [1.82, 2.24) is 0 Å². The molecule has 3 aliphatic rings. The van der Waals surface area contributed by atoms with Crippen LogP contribution in [0, 0.1) is 0 Å². The first-order valence-corrected chi connectivity index (χ1v) is 10.5. The fourth-order valence-corrected chi connectivity index (χ4v) is 5.89. The van der Waals surface area contributed by atoms with E-state index in [0.29, 0.717) is 22.7 Å². The van der Waals surface area contributed by atoms with E-state index in [2.05, 4.69) is 12.1 Å². The van der Waals surface area contributed by atoms with Gasteiger partial charge in [-0.3, -0.25) is 0 Å². The zero-order valence-corrected chi connectivity index (χ0v) is 18.4. The molecule has 3 aliphatic carbocycles. The molecule has 0 aliphatic heterocycles. The number of benzene rings is 2. The molecule has 32 heavy (non-hydrogen) atoms. The number of methoxy groups -OCH3 is 4. The van der Waals surface area contributed by atoms with Crippen molar-refractivity contribution < 1.29 is 28.5 Å². The Kier molecular flexibility index (Phi) is 4.81. The molecule has 0 saturated heterocycles. The molecular formula is C26H24O6. The van der Waals surface area contributed by atoms with Crippen LogP contribution in [0.5, 0.6) is 0 Å². The summed E-state index contributed by atoms with van der Waals surface area (Å²) in [5, 5.41) is 0. The average Bonchev–Trinajstić information content (AvgIpc) is 2.83. The predicted molar refractivity (Wildman–Crippen MR) is 116 cm³/mol. The highest BCUT2D eigenvalue weighted by Gasteiger charge is 2.56. The Bertz CT molecular complexity index is 1100. The van der Waals surface area contributed by atoms with Gasteiger partial charge in [0, 0.05) is 11.8 Å². The van der Waals surface area contributed by atoms with Gasteiger partial charge in [-0.1, -0.05) is 48.5 Å². The molecule has 4 atom stereocenters. The lowest BCUT2D eigenvalue weighted by atomic mass is 9.55. The summed E-state index contributed by atoms with van der Waals surface area (Å²) in [5.74, 6) is -1.51. The third-order valence-electron chi connectivity index (χ3n) is 6.97. The first-order valence-electron chi connectivity index (χ1n) is 10.5. The average molecular weight is 432 g/mol. The van der Waals surface area contributed by atoms with Gasteiger partial charge < -0.3 is 18.9 Å². The van der Waals surface area contributed by atoms with Gasteiger partial charge in [0.15, 0.2) is 0 Å². The third kappa shape index (κ3) is 2.52. The summed E-state index contributed by atoms with van der Waals surface area (Å²) in [6.45, 7) is 0. The number of ether oxygens (including phenoxy) is 4. The van der Waals surface area contributed by atoms with Crippen LogP contribution < -0.4 is 0 Å². The van der Waals surface area contributed by atoms with Gasteiger partial charge in [0.25, 0.3) is 0 Å². The second-order valence-electron chi connectivity index (χ2n) is 8.12. The minimum atomic E-state index is -0.494. The van der Waals surface area contributed by atoms with Gasteiger partial charge in [-0.25, -0.2) is 9.59 Å². The second kappa shape index (κ2) is 7.55. The number of hydrogen-bond donors (Lipinski definition) is 0. The van der Waals surface area contributed by atoms with Crippen LogP contribution in [0.4, 0.5) is 0 Å². The fourth-order valence-electron chi connectivity index (χ4n) is 5.89. The smallest absolute Gasteiger partial charge is 0.337 e. The molecule has 164 valence electrons. The SMILES string of the molecule is COC(=O)C1=C(OC)[C@H]2c3ccccc3[C@@H]1[C@H]1C(C(=O)OC)=C(OC)[C@@H]2c2ccccc21. The van der Waals surface area contributed by atoms with Crippen molar-refractivity contribution >= 4 is 11.9 Å². The molecule has 5 rings (SSSR count). The van der Waals surface area contributed by atoms with E-state index < -0.39 is 23.8 Å². The third-order valence-corrected chi connectivity index (χ3v) is 6.97. The van der Waals surface area contributed by atoms with Crippen molar-refractivity contribution in [1.29, 1.82) is 0 Å². The number of fused-ring (bicyclic) bond motifs is 2. The summed E-state index contributed by atoms with van der Waals surface area (Å²) < 4.78 is 22.3. The molecule has 0 heterocycles. The predicted octanol–water partition coefficient (Wildman–Crippen LogP) is 3.91. The van der Waals surface area contributed by atoms with Crippen LogP contribution in [0.3, 0.4) is 0 Å². The highest BCUT2D eigenvalue weighted by molar-refractivity contribution is 5.97. The van der Waals surface area contributed by atoms with Gasteiger partial charge in [-0.15, -0.1) is 0 Å². The number of carbonyl (C=O) groups is 2. The minimum absolute atomic E-state index is 0.362. The zero-order valence-electron chi connectivity index (χ0n) is 18.4. The van der Waals surface area contributed by atoms with E-state index in [-0.39, 0.29) is 11.8 Å². The van der Waals surface area contributed by atoms with Crippen molar-refractivity contribution in [3.8, 4) is 0 Å². The summed E-state index contributed by atoms with van der Waals surface area (Å²) in [4.78, 5) is 26.3. The van der Waals surface area contributed by atoms with Gasteiger partial charge in [0.05, 0.1) is 51.4 Å². The molecule has 0 unspecified atom stereocenters. The lowest BCUT2D eigenvalue weighted by Gasteiger charge is -2.48. The van der Waals surface area contributed by atoms with Gasteiger partial charge >= 0.3 is 11.9 Å². The molecular weight excluding hydrogens is 408 g/mol. The van der Waals surface area contributed by atoms with Crippen molar-refractivity contribution in [3.63, 3.8) is 0 Å². The van der Waals surface area contributed by atoms with E-state index >= 15 is 0 Å². The second-order valence-corrected chi connectivity index (χ2v) is 8.12. The Morgan fingerprint density at radius 2 is 0.875 bits per heavy atom. The maximum Gasteiger partial charge on any atom is 0.337 e. The van der Waals surface area contributed by atoms with E-state index in [1.807, 2.05) is 36.4 Å². The summed E-state index contributed by atoms with van der Waals surface area (Å²) in [5.41, 5.74) is 4.98. The van der Waals surface area contributed by atoms with Gasteiger partial charge in [0.1, 0.15) is 11.5 Å². The molecule has 0 radical (unpaired) electrons. The summed E-state index contributed by atoms with van der Waals surface area (Å²) in [7, 11) is 5.89. The molecule has 2 aromatic rings. The van der Waals surface area contributed by atoms with Crippen molar-refractivity contribution in [3.05, 3.63) is 93.4 Å². The van der Waals surface area contributed by atoms with Crippen LogP contribution in [-0.4, -0.2) is 40.4 Å². The van der Waals surface area contributed by atoms with Crippen LogP contribution in [0.1, 0.15) is 45.9 Å². The van der Waals surface area contributed by atoms with E-state index in [1.54, 1.807) is 14.2 Å². The highest BCUT2D eigenvalue weighted by atomic mass is 16.5. The molecule has 0 saturated carbocycles. The van der Waals surface area contributed by atoms with Crippen LogP contribution in [0.2, 0.25) is 0 Å². The lowest BCUT2D eigenvalue weighted by Crippen LogP contribution is -2.40. The Morgan fingerprint density at radius 1 is 0.562 bits per heavy atom. The van der Waals surface area contributed by atoms with Crippen molar-refractivity contribution in [2.75, 3.05) is 28.4 Å². The van der Waals surface area contributed by atoms with E-state index in [1.165, 1.54) is 14.2 Å². The highest BCUT2D eigenvalue weighted by Crippen LogP contribution is 2.64. The van der Waals surface area contributed by atoms with Crippen molar-refractivity contribution in [2.45, 2.75) is 23.7 Å². The Balaban J connectivity index is 1.95. The molecule has 0 spiro atoms. The normalized spacial score (nSPS) is 24.9. The van der Waals surface area contributed by atoms with Crippen molar-refractivity contribution in [2.24, 2.45) is 0 Å². The standard InChI is InChI=1S/C26H24O6/c1-29-23-19-15-11-7-5-9-13(15)17(21(23)25(27)31-3)18-14-10-6-8-12-16(14)20(19)24(30-2)22(18)26(28)32-4/h5-12,17-20H,1-4H3/t17-,18+,19+,20-. The zero-order chi connectivity index (χ0) is 22.6. The maximum atomic E-state index is 13.2. The molecule has 6 heteroatoms. The molecule has 0 fully saturated rings. The summed E-state index contributed by atoms with van der Waals surface area (Å²) in [6.07, 6.45) is 0. The first kappa shape index (κ1) is 20.4. The van der Waals surface area contributed by atoms with E-state index in [0.717, 1.165) is 22.3 Å². The quantitative estimate of drug-likeness (QED) is 0.683. The summed E-state index contributed by atoms with van der Waals surface area (Å²) >= 11 is 0. The minimum Gasteiger partial charge on any atom is -0.500 e. The number of hydrogen-bond acceptors (Lipinski definition) is 6. The first-order chi connectivity index (χ1) is 15.6. The van der Waals surface area contributed by atoms with Crippen LogP contribution >= 0.6 is 0 Å². The maximum absolute atomic E-state index is 13.2. The number of carbonyl (C=O) groups excluding carboxylic acids is 2. The molecule has 0 aromatic heterocycles. The molecule has 2 aromatic carbocycles.